The van der Waals surface area contributed by atoms with Gasteiger partial charge in [0.05, 0.1) is 12.1 Å². The lowest BCUT2D eigenvalue weighted by Gasteiger charge is -2.29. The van der Waals surface area contributed by atoms with Crippen LogP contribution in [0.4, 0.5) is 51.3 Å². The maximum atomic E-state index is 13.1. The first kappa shape index (κ1) is 42.1. The van der Waals surface area contributed by atoms with E-state index in [1.165, 1.54) is 0 Å². The lowest BCUT2D eigenvalue weighted by molar-refractivity contribution is -0.192. The number of ether oxygens (including phenoxy) is 2. The van der Waals surface area contributed by atoms with Crippen LogP contribution in [0.25, 0.3) is 10.9 Å². The van der Waals surface area contributed by atoms with Gasteiger partial charge >= 0.3 is 24.5 Å². The summed E-state index contributed by atoms with van der Waals surface area (Å²) >= 11 is 0. The molecule has 1 heterocycles. The van der Waals surface area contributed by atoms with Gasteiger partial charge in [0.25, 0.3) is 0 Å². The lowest BCUT2D eigenvalue weighted by atomic mass is 9.82. The first-order chi connectivity index (χ1) is 24.2. The fourth-order valence-electron chi connectivity index (χ4n) is 4.88. The van der Waals surface area contributed by atoms with Crippen LogP contribution < -0.4 is 24.8 Å². The number of alkyl halides is 9. The molecule has 1 aliphatic carbocycles. The van der Waals surface area contributed by atoms with E-state index in [2.05, 4.69) is 34.8 Å². The molecule has 1 aromatic heterocycles. The van der Waals surface area contributed by atoms with Gasteiger partial charge in [0.1, 0.15) is 22.2 Å². The molecule has 0 spiro atoms. The Balaban J connectivity index is 0.000000944. The third-order valence-electron chi connectivity index (χ3n) is 7.33. The van der Waals surface area contributed by atoms with Crippen molar-refractivity contribution in [2.24, 2.45) is 11.8 Å². The fourth-order valence-corrected chi connectivity index (χ4v) is 6.15. The lowest BCUT2D eigenvalue weighted by Crippen LogP contribution is -2.33. The van der Waals surface area contributed by atoms with E-state index >= 15 is 0 Å². The average Bonchev–Trinajstić information content (AvgIpc) is 3.06. The number of aliphatic hydroxyl groups is 1. The van der Waals surface area contributed by atoms with Gasteiger partial charge in [0, 0.05) is 31.1 Å². The van der Waals surface area contributed by atoms with Gasteiger partial charge in [-0.15, -0.1) is 0 Å². The molecule has 52 heavy (non-hydrogen) atoms. The van der Waals surface area contributed by atoms with Crippen molar-refractivity contribution in [3.63, 3.8) is 0 Å². The standard InChI is InChI=1S/C28H33F6N5O5S.C2HF3O2/c29-27(30,31)16-43-20-9-10-23(44-17-28(32,33)34)24(13-20)45(41,42)37-15-19-7-5-18(6-8-19)14-36-26-38-22-4-2-1-3-21(22)25(39-26)35-11-12-40;3-2(4,5)1(6)7/h1-4,9-10,13,18-19,37,40H,5-8,11-12,14-17H2,(H2,35,36,38,39);(H,6,7). The molecule has 22 heteroatoms. The predicted molar refractivity (Wildman–Crippen MR) is 167 cm³/mol. The van der Waals surface area contributed by atoms with Crippen LogP contribution in [0.5, 0.6) is 11.5 Å². The number of carboxylic acid groups (broad SMARTS) is 1. The van der Waals surface area contributed by atoms with Gasteiger partial charge in [0.2, 0.25) is 16.0 Å². The first-order valence-corrected chi connectivity index (χ1v) is 16.8. The Labute approximate surface area is 290 Å². The third kappa shape index (κ3) is 14.0. The highest BCUT2D eigenvalue weighted by atomic mass is 32.2. The molecule has 1 fully saturated rings. The van der Waals surface area contributed by atoms with Gasteiger partial charge in [-0.2, -0.15) is 44.5 Å². The zero-order chi connectivity index (χ0) is 38.7. The van der Waals surface area contributed by atoms with Gasteiger partial charge in [-0.25, -0.2) is 22.9 Å². The second-order valence-corrected chi connectivity index (χ2v) is 13.1. The number of aliphatic hydroxyl groups excluding tert-OH is 1. The number of carbonyl (C=O) groups is 1. The van der Waals surface area contributed by atoms with Gasteiger partial charge in [-0.3, -0.25) is 0 Å². The van der Waals surface area contributed by atoms with Crippen LogP contribution in [0.3, 0.4) is 0 Å². The summed E-state index contributed by atoms with van der Waals surface area (Å²) < 4.78 is 145. The Kier molecular flexibility index (Phi) is 14.5. The summed E-state index contributed by atoms with van der Waals surface area (Å²) in [4.78, 5) is 17.2. The minimum Gasteiger partial charge on any atom is -0.484 e. The third-order valence-corrected chi connectivity index (χ3v) is 8.77. The van der Waals surface area contributed by atoms with Gasteiger partial charge < -0.3 is 30.3 Å². The molecule has 12 nitrogen and oxygen atoms in total. The Morgan fingerprint density at radius 1 is 0.827 bits per heavy atom. The van der Waals surface area contributed by atoms with E-state index in [4.69, 9.17) is 9.90 Å². The number of nitrogens with zero attached hydrogens (tertiary/aromatic N) is 2. The van der Waals surface area contributed by atoms with E-state index in [1.807, 2.05) is 24.3 Å². The van der Waals surface area contributed by atoms with Crippen molar-refractivity contribution < 1.29 is 72.4 Å². The number of sulfonamides is 1. The van der Waals surface area contributed by atoms with Gasteiger partial charge in [-0.1, -0.05) is 12.1 Å². The highest BCUT2D eigenvalue weighted by Crippen LogP contribution is 2.33. The molecule has 1 aliphatic rings. The van der Waals surface area contributed by atoms with Crippen molar-refractivity contribution in [3.8, 4) is 11.5 Å². The summed E-state index contributed by atoms with van der Waals surface area (Å²) in [6.45, 7) is -2.69. The molecule has 0 unspecified atom stereocenters. The number of fused-ring (bicyclic) bond motifs is 1. The zero-order valence-corrected chi connectivity index (χ0v) is 27.7. The molecule has 0 atom stereocenters. The Morgan fingerprint density at radius 2 is 1.40 bits per heavy atom. The first-order valence-electron chi connectivity index (χ1n) is 15.3. The molecular weight excluding hydrogens is 745 g/mol. The second kappa shape index (κ2) is 17.9. The number of nitrogens with one attached hydrogen (secondary N) is 3. The number of carboxylic acids is 1. The molecule has 1 saturated carbocycles. The Hall–Kier alpha value is -4.31. The number of para-hydroxylation sites is 1. The highest BCUT2D eigenvalue weighted by Gasteiger charge is 2.38. The van der Waals surface area contributed by atoms with Gasteiger partial charge in [0.15, 0.2) is 13.2 Å². The maximum Gasteiger partial charge on any atom is 0.490 e. The summed E-state index contributed by atoms with van der Waals surface area (Å²) in [6, 6.07) is 9.91. The molecule has 0 aliphatic heterocycles. The second-order valence-electron chi connectivity index (χ2n) is 11.4. The van der Waals surface area contributed by atoms with E-state index < -0.39 is 64.1 Å². The Morgan fingerprint density at radius 3 is 1.98 bits per heavy atom. The fraction of sp³-hybridized carbons (Fsp3) is 0.500. The van der Waals surface area contributed by atoms with E-state index in [0.29, 0.717) is 43.8 Å². The molecule has 0 amide bonds. The van der Waals surface area contributed by atoms with Crippen LogP contribution in [0, 0.1) is 11.8 Å². The molecule has 3 aromatic rings. The zero-order valence-electron chi connectivity index (χ0n) is 26.9. The number of hydrogen-bond donors (Lipinski definition) is 5. The summed E-state index contributed by atoms with van der Waals surface area (Å²) in [5.41, 5.74) is 0.732. The molecule has 2 aromatic carbocycles. The number of hydrogen-bond acceptors (Lipinski definition) is 10. The molecule has 0 bridgehead atoms. The number of anilines is 2. The quantitative estimate of drug-likeness (QED) is 0.126. The summed E-state index contributed by atoms with van der Waals surface area (Å²) in [6.07, 6.45) is -11.7. The largest absolute Gasteiger partial charge is 0.490 e. The van der Waals surface area contributed by atoms with Crippen LogP contribution in [0.2, 0.25) is 0 Å². The molecule has 5 N–H and O–H groups in total. The number of benzene rings is 2. The SMILES string of the molecule is O=C(O)C(F)(F)F.O=S(=O)(NCC1CCC(CNc2nc(NCCO)c3ccccc3n2)CC1)c1cc(OCC(F)(F)F)ccc1OCC(F)(F)F. The van der Waals surface area contributed by atoms with Crippen LogP contribution in [-0.4, -0.2) is 92.6 Å². The van der Waals surface area contributed by atoms with Crippen LogP contribution >= 0.6 is 0 Å². The predicted octanol–water partition coefficient (Wildman–Crippen LogP) is 5.75. The van der Waals surface area contributed by atoms with E-state index in [9.17, 15) is 53.0 Å². The van der Waals surface area contributed by atoms with Crippen molar-refractivity contribution in [3.05, 3.63) is 42.5 Å². The van der Waals surface area contributed by atoms with Crippen LogP contribution in [0.1, 0.15) is 25.7 Å². The molecule has 0 saturated heterocycles. The van der Waals surface area contributed by atoms with E-state index in [0.717, 1.165) is 35.9 Å². The molecule has 4 rings (SSSR count). The van der Waals surface area contributed by atoms with Crippen LogP contribution in [0.15, 0.2) is 47.4 Å². The van der Waals surface area contributed by atoms with E-state index in [-0.39, 0.29) is 25.0 Å². The Bertz CT molecular complexity index is 1740. The highest BCUT2D eigenvalue weighted by molar-refractivity contribution is 7.89. The molecular formula is C30H34F9N5O7S. The molecule has 290 valence electrons. The van der Waals surface area contributed by atoms with Crippen molar-refractivity contribution >= 4 is 38.7 Å². The summed E-state index contributed by atoms with van der Waals surface area (Å²) in [5, 5.41) is 23.5. The van der Waals surface area contributed by atoms with Crippen molar-refractivity contribution in [2.75, 3.05) is 50.1 Å². The number of aliphatic carboxylic acids is 1. The maximum absolute atomic E-state index is 13.1. The summed E-state index contributed by atoms with van der Waals surface area (Å²) in [5.74, 6) is -2.73. The minimum absolute atomic E-state index is 0.0253. The average molecular weight is 780 g/mol. The van der Waals surface area contributed by atoms with Crippen molar-refractivity contribution in [1.29, 1.82) is 0 Å². The monoisotopic (exact) mass is 779 g/mol. The minimum atomic E-state index is -5.08. The summed E-state index contributed by atoms with van der Waals surface area (Å²) in [7, 11) is -4.48. The topological polar surface area (TPSA) is 172 Å². The number of halogens is 9. The molecule has 0 radical (unpaired) electrons. The van der Waals surface area contributed by atoms with Crippen molar-refractivity contribution in [1.82, 2.24) is 14.7 Å². The normalized spacial score (nSPS) is 16.8. The smallest absolute Gasteiger partial charge is 0.484 e. The van der Waals surface area contributed by atoms with Crippen LogP contribution in [-0.2, 0) is 14.8 Å². The number of aromatic nitrogens is 2. The number of rotatable bonds is 14. The van der Waals surface area contributed by atoms with Gasteiger partial charge in [-0.05, 0) is 61.8 Å². The van der Waals surface area contributed by atoms with Crippen molar-refractivity contribution in [2.45, 2.75) is 49.1 Å². The van der Waals surface area contributed by atoms with E-state index in [1.54, 1.807) is 0 Å².